The quantitative estimate of drug-likeness (QED) is 0.0700. The zero-order chi connectivity index (χ0) is 41.5. The molecular formula is C42H45ClFN9O6. The predicted molar refractivity (Wildman–Crippen MR) is 221 cm³/mol. The Labute approximate surface area is 345 Å². The predicted octanol–water partition coefficient (Wildman–Crippen LogP) is 5.25. The second-order valence-corrected chi connectivity index (χ2v) is 15.0. The number of hydrogen-bond donors (Lipinski definition) is 4. The number of carbonyl (C=O) groups excluding carboxylic acids is 5. The largest absolute Gasteiger partial charge is 0.494 e. The van der Waals surface area contributed by atoms with Crippen molar-refractivity contribution in [1.82, 2.24) is 30.0 Å². The normalized spacial score (nSPS) is 17.0. The number of aromatic nitrogens is 2. The number of anilines is 4. The lowest BCUT2D eigenvalue weighted by atomic mass is 10.0. The summed E-state index contributed by atoms with van der Waals surface area (Å²) >= 11 is 5.95. The molecule has 308 valence electrons. The van der Waals surface area contributed by atoms with Gasteiger partial charge in [-0.2, -0.15) is 0 Å². The summed E-state index contributed by atoms with van der Waals surface area (Å²) in [5, 5.41) is 12.3. The lowest BCUT2D eigenvalue weighted by Gasteiger charge is -2.34. The minimum absolute atomic E-state index is 0.0305. The van der Waals surface area contributed by atoms with Crippen molar-refractivity contribution in [2.24, 2.45) is 0 Å². The molecule has 0 bridgehead atoms. The van der Waals surface area contributed by atoms with Gasteiger partial charge in [0.2, 0.25) is 23.6 Å². The molecule has 3 aromatic carbocycles. The van der Waals surface area contributed by atoms with E-state index < -0.39 is 17.8 Å². The molecule has 4 N–H and O–H groups in total. The summed E-state index contributed by atoms with van der Waals surface area (Å²) in [6, 6.07) is 12.5. The number of unbranched alkanes of at least 4 members (excludes halogenated alkanes) is 2. The van der Waals surface area contributed by atoms with Gasteiger partial charge in [-0.05, 0) is 55.7 Å². The van der Waals surface area contributed by atoms with Crippen LogP contribution in [0.3, 0.4) is 0 Å². The second-order valence-electron chi connectivity index (χ2n) is 14.6. The van der Waals surface area contributed by atoms with Gasteiger partial charge in [-0.1, -0.05) is 30.2 Å². The molecule has 0 radical (unpaired) electrons. The van der Waals surface area contributed by atoms with E-state index in [0.717, 1.165) is 30.5 Å². The molecule has 1 aromatic heterocycles. The van der Waals surface area contributed by atoms with Crippen LogP contribution in [0.25, 0.3) is 10.9 Å². The van der Waals surface area contributed by atoms with E-state index in [1.54, 1.807) is 35.2 Å². The van der Waals surface area contributed by atoms with Crippen LogP contribution in [0.2, 0.25) is 5.02 Å². The highest BCUT2D eigenvalue weighted by atomic mass is 35.5. The standard InChI is InChI=1S/C42H45ClFN9O6/c1-59-36-23-33-28(40(47-25-46-33)48-26-11-12-31(44)30(43)21-26)22-34(36)49-37(54)9-6-16-51-17-19-52(20-18-51)39(56)10-3-2-4-15-45-32-8-5-7-27-29(32)24-53(42(27)58)35-13-14-38(55)50-41(35)57/h5-9,11-12,21-23,25,35,45H,2-4,10,13-20,24H2,1H3,(H,49,54)(H,46,47,48)(H,50,55,57)/b9-6+. The molecule has 2 saturated heterocycles. The van der Waals surface area contributed by atoms with Crippen molar-refractivity contribution in [3.63, 3.8) is 0 Å². The van der Waals surface area contributed by atoms with Crippen molar-refractivity contribution < 1.29 is 33.1 Å². The fourth-order valence-corrected chi connectivity index (χ4v) is 7.71. The van der Waals surface area contributed by atoms with Gasteiger partial charge in [0.05, 0.1) is 23.3 Å². The van der Waals surface area contributed by atoms with Crippen LogP contribution >= 0.6 is 11.6 Å². The summed E-state index contributed by atoms with van der Waals surface area (Å²) in [4.78, 5) is 77.3. The number of imide groups is 1. The zero-order valence-electron chi connectivity index (χ0n) is 32.6. The van der Waals surface area contributed by atoms with Gasteiger partial charge in [-0.3, -0.25) is 34.2 Å². The first kappa shape index (κ1) is 41.0. The van der Waals surface area contributed by atoms with E-state index in [2.05, 4.69) is 36.1 Å². The highest BCUT2D eigenvalue weighted by Gasteiger charge is 2.39. The average molecular weight is 826 g/mol. The minimum atomic E-state index is -0.653. The Balaban J connectivity index is 0.812. The number of benzene rings is 3. The number of amides is 5. The Kier molecular flexibility index (Phi) is 13.0. The molecule has 15 nitrogen and oxygen atoms in total. The van der Waals surface area contributed by atoms with E-state index >= 15 is 0 Å². The molecule has 3 aliphatic heterocycles. The van der Waals surface area contributed by atoms with E-state index in [1.165, 1.54) is 31.6 Å². The van der Waals surface area contributed by atoms with Crippen LogP contribution in [-0.4, -0.2) is 107 Å². The van der Waals surface area contributed by atoms with Gasteiger partial charge >= 0.3 is 0 Å². The first-order valence-electron chi connectivity index (χ1n) is 19.6. The molecule has 1 unspecified atom stereocenters. The maximum Gasteiger partial charge on any atom is 0.255 e. The number of fused-ring (bicyclic) bond motifs is 2. The second kappa shape index (κ2) is 18.6. The zero-order valence-corrected chi connectivity index (χ0v) is 33.3. The van der Waals surface area contributed by atoms with Gasteiger partial charge in [0.15, 0.2) is 0 Å². The Morgan fingerprint density at radius 2 is 1.85 bits per heavy atom. The fraction of sp³-hybridized carbons (Fsp3) is 0.357. The number of rotatable bonds is 15. The van der Waals surface area contributed by atoms with Crippen molar-refractivity contribution >= 4 is 74.9 Å². The maximum atomic E-state index is 13.7. The molecule has 1 atom stereocenters. The van der Waals surface area contributed by atoms with Crippen LogP contribution < -0.4 is 26.0 Å². The van der Waals surface area contributed by atoms with E-state index in [-0.39, 0.29) is 35.1 Å². The Bertz CT molecular complexity index is 2300. The SMILES string of the molecule is COc1cc2ncnc(Nc3ccc(F)c(Cl)c3)c2cc1NC(=O)/C=C/CN1CCN(C(=O)CCCCCNc2cccc3c2CN(C2CCC(=O)NC2=O)C3=O)CC1. The summed E-state index contributed by atoms with van der Waals surface area (Å²) in [7, 11) is 1.50. The molecular weight excluding hydrogens is 781 g/mol. The summed E-state index contributed by atoms with van der Waals surface area (Å²) in [6.45, 7) is 4.16. The van der Waals surface area contributed by atoms with Gasteiger partial charge in [0.25, 0.3) is 5.91 Å². The van der Waals surface area contributed by atoms with Crippen LogP contribution in [0, 0.1) is 5.82 Å². The van der Waals surface area contributed by atoms with Gasteiger partial charge < -0.3 is 30.5 Å². The lowest BCUT2D eigenvalue weighted by Crippen LogP contribution is -2.52. The third-order valence-electron chi connectivity index (χ3n) is 10.7. The first-order valence-corrected chi connectivity index (χ1v) is 20.0. The Morgan fingerprint density at radius 1 is 1.02 bits per heavy atom. The molecule has 59 heavy (non-hydrogen) atoms. The number of nitrogens with one attached hydrogen (secondary N) is 4. The monoisotopic (exact) mass is 825 g/mol. The summed E-state index contributed by atoms with van der Waals surface area (Å²) in [6.07, 6.45) is 8.14. The molecule has 17 heteroatoms. The molecule has 5 amide bonds. The van der Waals surface area contributed by atoms with Crippen molar-refractivity contribution in [3.8, 4) is 5.75 Å². The summed E-state index contributed by atoms with van der Waals surface area (Å²) in [5.74, 6) is -0.829. The third-order valence-corrected chi connectivity index (χ3v) is 11.0. The number of methoxy groups -OCH3 is 1. The number of halogens is 2. The molecule has 0 aliphatic carbocycles. The number of ether oxygens (including phenoxy) is 1. The molecule has 4 aromatic rings. The van der Waals surface area contributed by atoms with Crippen molar-refractivity contribution in [3.05, 3.63) is 89.0 Å². The highest BCUT2D eigenvalue weighted by molar-refractivity contribution is 6.31. The van der Waals surface area contributed by atoms with E-state index in [0.29, 0.717) is 98.1 Å². The topological polar surface area (TPSA) is 178 Å². The molecule has 0 saturated carbocycles. The van der Waals surface area contributed by atoms with Crippen LogP contribution in [0.5, 0.6) is 5.75 Å². The smallest absolute Gasteiger partial charge is 0.255 e. The van der Waals surface area contributed by atoms with E-state index in [9.17, 15) is 28.4 Å². The third kappa shape index (κ3) is 9.78. The van der Waals surface area contributed by atoms with E-state index in [4.69, 9.17) is 16.3 Å². The van der Waals surface area contributed by atoms with Crippen LogP contribution in [0.15, 0.2) is 67.0 Å². The van der Waals surface area contributed by atoms with Gasteiger partial charge in [-0.15, -0.1) is 0 Å². The van der Waals surface area contributed by atoms with Gasteiger partial charge in [0.1, 0.15) is 29.8 Å². The Hall–Kier alpha value is -6.13. The average Bonchev–Trinajstić information content (AvgIpc) is 3.56. The lowest BCUT2D eigenvalue weighted by molar-refractivity contribution is -0.137. The van der Waals surface area contributed by atoms with Crippen LogP contribution in [0.4, 0.5) is 27.3 Å². The van der Waals surface area contributed by atoms with Crippen LogP contribution in [-0.2, 0) is 25.7 Å². The number of piperazine rings is 1. The summed E-state index contributed by atoms with van der Waals surface area (Å²) in [5.41, 5.74) is 3.81. The van der Waals surface area contributed by atoms with Crippen LogP contribution in [0.1, 0.15) is 54.4 Å². The molecule has 2 fully saturated rings. The first-order chi connectivity index (χ1) is 28.6. The van der Waals surface area contributed by atoms with Crippen molar-refractivity contribution in [2.45, 2.75) is 51.1 Å². The fourth-order valence-electron chi connectivity index (χ4n) is 7.53. The number of piperidine rings is 1. The number of nitrogens with zero attached hydrogens (tertiary/aromatic N) is 5. The highest BCUT2D eigenvalue weighted by Crippen LogP contribution is 2.34. The van der Waals surface area contributed by atoms with Gasteiger partial charge in [0, 0.05) is 98.7 Å². The van der Waals surface area contributed by atoms with Crippen molar-refractivity contribution in [1.29, 1.82) is 0 Å². The van der Waals surface area contributed by atoms with Gasteiger partial charge in [-0.25, -0.2) is 14.4 Å². The Morgan fingerprint density at radius 3 is 2.63 bits per heavy atom. The molecule has 4 heterocycles. The molecule has 7 rings (SSSR count). The maximum absolute atomic E-state index is 13.7. The number of carbonyl (C=O) groups is 5. The van der Waals surface area contributed by atoms with Crippen molar-refractivity contribution in [2.75, 3.05) is 62.3 Å². The minimum Gasteiger partial charge on any atom is -0.494 e. The molecule has 0 spiro atoms. The summed E-state index contributed by atoms with van der Waals surface area (Å²) < 4.78 is 19.2. The van der Waals surface area contributed by atoms with E-state index in [1.807, 2.05) is 17.0 Å². The molecule has 3 aliphatic rings. The number of hydrogen-bond acceptors (Lipinski definition) is 11.